The van der Waals surface area contributed by atoms with E-state index in [1.807, 2.05) is 36.4 Å². The van der Waals surface area contributed by atoms with Crippen LogP contribution in [0.25, 0.3) is 0 Å². The van der Waals surface area contributed by atoms with Crippen molar-refractivity contribution in [1.29, 1.82) is 0 Å². The lowest BCUT2D eigenvalue weighted by atomic mass is 10.1. The summed E-state index contributed by atoms with van der Waals surface area (Å²) in [5.74, 6) is 0.309. The topological polar surface area (TPSA) is 79.8 Å². The van der Waals surface area contributed by atoms with E-state index in [-0.39, 0.29) is 23.9 Å². The van der Waals surface area contributed by atoms with Crippen LogP contribution < -0.4 is 9.64 Å². The van der Waals surface area contributed by atoms with Gasteiger partial charge in [-0.3, -0.25) is 9.78 Å². The van der Waals surface area contributed by atoms with Crippen LogP contribution in [0.15, 0.2) is 84.0 Å². The molecular formula is C23H21N3O4S. The second-order valence-electron chi connectivity index (χ2n) is 7.63. The van der Waals surface area contributed by atoms with Gasteiger partial charge in [0.05, 0.1) is 23.7 Å². The highest BCUT2D eigenvalue weighted by atomic mass is 32.2. The molecule has 1 amide bonds. The van der Waals surface area contributed by atoms with Crippen LogP contribution in [0, 0.1) is 0 Å². The number of hydrogen-bond donors (Lipinski definition) is 0. The Morgan fingerprint density at radius 3 is 2.55 bits per heavy atom. The van der Waals surface area contributed by atoms with Crippen LogP contribution in [0.4, 0.5) is 5.69 Å². The third-order valence-corrected chi connectivity index (χ3v) is 7.52. The maximum absolute atomic E-state index is 13.8. The van der Waals surface area contributed by atoms with Crippen LogP contribution in [-0.4, -0.2) is 42.3 Å². The molecule has 0 radical (unpaired) electrons. The van der Waals surface area contributed by atoms with Gasteiger partial charge in [0.25, 0.3) is 0 Å². The number of carbonyl (C=O) groups is 1. The van der Waals surface area contributed by atoms with Gasteiger partial charge in [-0.05, 0) is 35.9 Å². The van der Waals surface area contributed by atoms with E-state index in [1.54, 1.807) is 47.6 Å². The first-order valence-electron chi connectivity index (χ1n) is 10.1. The Labute approximate surface area is 180 Å². The Hall–Kier alpha value is -3.23. The number of carbonyl (C=O) groups excluding carboxylic acids is 1. The molecule has 5 rings (SSSR count). The minimum absolute atomic E-state index is 0.128. The number of amides is 1. The zero-order chi connectivity index (χ0) is 21.4. The molecule has 31 heavy (non-hydrogen) atoms. The first-order valence-corrected chi connectivity index (χ1v) is 11.5. The van der Waals surface area contributed by atoms with Crippen molar-refractivity contribution in [2.45, 2.75) is 30.0 Å². The zero-order valence-corrected chi connectivity index (χ0v) is 17.5. The predicted molar refractivity (Wildman–Crippen MR) is 115 cm³/mol. The first-order chi connectivity index (χ1) is 15.0. The van der Waals surface area contributed by atoms with E-state index in [1.165, 1.54) is 4.31 Å². The van der Waals surface area contributed by atoms with Gasteiger partial charge in [0.15, 0.2) is 0 Å². The third kappa shape index (κ3) is 3.58. The molecule has 1 fully saturated rings. The molecule has 0 spiro atoms. The fraction of sp³-hybridized carbons (Fsp3) is 0.217. The van der Waals surface area contributed by atoms with Crippen molar-refractivity contribution < 1.29 is 17.9 Å². The molecular weight excluding hydrogens is 414 g/mol. The summed E-state index contributed by atoms with van der Waals surface area (Å²) >= 11 is 0. The molecule has 2 aliphatic heterocycles. The summed E-state index contributed by atoms with van der Waals surface area (Å²) in [5, 5.41) is 0. The molecule has 0 N–H and O–H groups in total. The highest BCUT2D eigenvalue weighted by Crippen LogP contribution is 2.38. The molecule has 0 unspecified atom stereocenters. The monoisotopic (exact) mass is 435 g/mol. The number of fused-ring (bicyclic) bond motifs is 3. The van der Waals surface area contributed by atoms with Gasteiger partial charge in [-0.2, -0.15) is 4.31 Å². The van der Waals surface area contributed by atoms with Gasteiger partial charge >= 0.3 is 0 Å². The summed E-state index contributed by atoms with van der Waals surface area (Å²) in [7, 11) is -3.85. The standard InChI is InChI=1S/C23H21N3O4S/c27-23-21-13-18(16-26(21)31(28,29)19-8-2-1-3-9-19)30-22-11-5-4-10-20(22)25(23)15-17-7-6-12-24-14-17/h1-12,14,18,21H,13,15-16H2/t18-,21-/m0/s1. The Morgan fingerprint density at radius 1 is 1.00 bits per heavy atom. The smallest absolute Gasteiger partial charge is 0.246 e. The van der Waals surface area contributed by atoms with E-state index in [0.29, 0.717) is 17.9 Å². The minimum Gasteiger partial charge on any atom is -0.487 e. The van der Waals surface area contributed by atoms with Gasteiger partial charge < -0.3 is 9.64 Å². The predicted octanol–water partition coefficient (Wildman–Crippen LogP) is 2.84. The van der Waals surface area contributed by atoms with E-state index in [9.17, 15) is 13.2 Å². The highest BCUT2D eigenvalue weighted by Gasteiger charge is 2.48. The Bertz CT molecular complexity index is 1200. The Morgan fingerprint density at radius 2 is 1.77 bits per heavy atom. The number of nitrogens with zero attached hydrogens (tertiary/aromatic N) is 3. The molecule has 2 bridgehead atoms. The molecule has 3 aromatic rings. The molecule has 7 nitrogen and oxygen atoms in total. The molecule has 1 saturated heterocycles. The molecule has 2 aromatic carbocycles. The van der Waals surface area contributed by atoms with Gasteiger partial charge in [-0.1, -0.05) is 36.4 Å². The van der Waals surface area contributed by atoms with Gasteiger partial charge in [0.2, 0.25) is 15.9 Å². The Kier molecular flexibility index (Phi) is 4.95. The molecule has 158 valence electrons. The summed E-state index contributed by atoms with van der Waals surface area (Å²) in [4.78, 5) is 19.7. The number of sulfonamides is 1. The average molecular weight is 436 g/mol. The number of rotatable bonds is 4. The fourth-order valence-electron chi connectivity index (χ4n) is 4.17. The zero-order valence-electron chi connectivity index (χ0n) is 16.7. The van der Waals surface area contributed by atoms with Crippen molar-refractivity contribution in [1.82, 2.24) is 9.29 Å². The van der Waals surface area contributed by atoms with Crippen LogP contribution in [0.2, 0.25) is 0 Å². The lowest BCUT2D eigenvalue weighted by Gasteiger charge is -2.31. The van der Waals surface area contributed by atoms with Gasteiger partial charge in [-0.15, -0.1) is 0 Å². The molecule has 3 heterocycles. The van der Waals surface area contributed by atoms with E-state index in [0.717, 1.165) is 5.56 Å². The van der Waals surface area contributed by atoms with Crippen LogP contribution in [0.1, 0.15) is 12.0 Å². The number of anilines is 1. The maximum atomic E-state index is 13.8. The van der Waals surface area contributed by atoms with Crippen molar-refractivity contribution >= 4 is 21.6 Å². The first kappa shape index (κ1) is 19.7. The van der Waals surface area contributed by atoms with Crippen molar-refractivity contribution in [3.8, 4) is 5.75 Å². The third-order valence-electron chi connectivity index (χ3n) is 5.63. The van der Waals surface area contributed by atoms with Crippen molar-refractivity contribution in [2.75, 3.05) is 11.4 Å². The number of benzene rings is 2. The number of hydrogen-bond acceptors (Lipinski definition) is 5. The Balaban J connectivity index is 1.57. The summed E-state index contributed by atoms with van der Waals surface area (Å²) in [6.07, 6.45) is 3.29. The van der Waals surface area contributed by atoms with E-state index >= 15 is 0 Å². The summed E-state index contributed by atoms with van der Waals surface area (Å²) < 4.78 is 34.2. The van der Waals surface area contributed by atoms with Crippen molar-refractivity contribution in [3.63, 3.8) is 0 Å². The van der Waals surface area contributed by atoms with Crippen LogP contribution >= 0.6 is 0 Å². The summed E-state index contributed by atoms with van der Waals surface area (Å²) in [6, 6.07) is 18.4. The SMILES string of the molecule is O=C1[C@@H]2C[C@@H](CN2S(=O)(=O)c2ccccc2)Oc2ccccc2N1Cc1cccnc1. The lowest BCUT2D eigenvalue weighted by Crippen LogP contribution is -2.47. The van der Waals surface area contributed by atoms with Crippen LogP contribution in [0.5, 0.6) is 5.75 Å². The summed E-state index contributed by atoms with van der Waals surface area (Å²) in [5.41, 5.74) is 1.48. The second kappa shape index (κ2) is 7.79. The highest BCUT2D eigenvalue weighted by molar-refractivity contribution is 7.89. The average Bonchev–Trinajstić information content (AvgIpc) is 3.24. The molecule has 1 aromatic heterocycles. The fourth-order valence-corrected chi connectivity index (χ4v) is 5.81. The summed E-state index contributed by atoms with van der Waals surface area (Å²) in [6.45, 7) is 0.399. The minimum atomic E-state index is -3.85. The van der Waals surface area contributed by atoms with Crippen molar-refractivity contribution in [2.24, 2.45) is 0 Å². The number of ether oxygens (including phenoxy) is 1. The van der Waals surface area contributed by atoms with E-state index < -0.39 is 22.2 Å². The number of para-hydroxylation sites is 2. The van der Waals surface area contributed by atoms with Crippen LogP contribution in [0.3, 0.4) is 0 Å². The lowest BCUT2D eigenvalue weighted by molar-refractivity contribution is -0.122. The molecule has 0 saturated carbocycles. The van der Waals surface area contributed by atoms with E-state index in [4.69, 9.17) is 4.74 Å². The number of pyridine rings is 1. The molecule has 2 atom stereocenters. The number of aromatic nitrogens is 1. The largest absolute Gasteiger partial charge is 0.487 e. The normalized spacial score (nSPS) is 21.2. The van der Waals surface area contributed by atoms with Crippen molar-refractivity contribution in [3.05, 3.63) is 84.7 Å². The van der Waals surface area contributed by atoms with Gasteiger partial charge in [0, 0.05) is 18.8 Å². The second-order valence-corrected chi connectivity index (χ2v) is 9.52. The molecule has 0 aliphatic carbocycles. The van der Waals surface area contributed by atoms with E-state index in [2.05, 4.69) is 4.98 Å². The maximum Gasteiger partial charge on any atom is 0.246 e. The van der Waals surface area contributed by atoms with Gasteiger partial charge in [-0.25, -0.2) is 8.42 Å². The quantitative estimate of drug-likeness (QED) is 0.630. The molecule has 2 aliphatic rings. The van der Waals surface area contributed by atoms with Gasteiger partial charge in [0.1, 0.15) is 17.9 Å². The molecule has 8 heteroatoms. The van der Waals surface area contributed by atoms with Crippen LogP contribution in [-0.2, 0) is 21.4 Å².